The first-order chi connectivity index (χ1) is 11.3. The van der Waals surface area contributed by atoms with Crippen molar-refractivity contribution in [2.24, 2.45) is 0 Å². The van der Waals surface area contributed by atoms with Crippen LogP contribution in [0.1, 0.15) is 73.3 Å². The van der Waals surface area contributed by atoms with Gasteiger partial charge in [0.15, 0.2) is 0 Å². The summed E-state index contributed by atoms with van der Waals surface area (Å²) in [5.41, 5.74) is 5.94. The molecule has 1 aromatic heterocycles. The number of hydrogen-bond donors (Lipinski definition) is 0. The van der Waals surface area contributed by atoms with Gasteiger partial charge in [0.1, 0.15) is 6.29 Å². The normalized spacial score (nSPS) is 18.0. The van der Waals surface area contributed by atoms with Gasteiger partial charge in [-0.3, -0.25) is 14.8 Å². The van der Waals surface area contributed by atoms with E-state index in [-0.39, 0.29) is 10.8 Å². The summed E-state index contributed by atoms with van der Waals surface area (Å²) < 4.78 is 0. The highest BCUT2D eigenvalue weighted by Gasteiger charge is 2.37. The number of aldehydes is 1. The zero-order valence-electron chi connectivity index (χ0n) is 15.1. The lowest BCUT2D eigenvalue weighted by molar-refractivity contribution is 0.112. The minimum atomic E-state index is 0.131. The van der Waals surface area contributed by atoms with Gasteiger partial charge < -0.3 is 0 Å². The van der Waals surface area contributed by atoms with Crippen molar-refractivity contribution in [3.8, 4) is 0 Å². The number of benzene rings is 1. The van der Waals surface area contributed by atoms with Crippen LogP contribution in [0.15, 0.2) is 30.7 Å². The predicted octanol–water partition coefficient (Wildman–Crippen LogP) is 4.42. The minimum Gasteiger partial charge on any atom is -0.298 e. The van der Waals surface area contributed by atoms with Crippen molar-refractivity contribution in [3.05, 3.63) is 58.7 Å². The van der Waals surface area contributed by atoms with E-state index < -0.39 is 0 Å². The summed E-state index contributed by atoms with van der Waals surface area (Å²) in [6, 6.07) is 4.41. The molecule has 3 rings (SSSR count). The summed E-state index contributed by atoms with van der Waals surface area (Å²) in [7, 11) is 0. The molecule has 1 aromatic carbocycles. The molecule has 3 heteroatoms. The number of aryl methyl sites for hydroxylation is 2. The van der Waals surface area contributed by atoms with Crippen LogP contribution in [0.25, 0.3) is 0 Å². The summed E-state index contributed by atoms with van der Waals surface area (Å²) in [4.78, 5) is 20.1. The van der Waals surface area contributed by atoms with Gasteiger partial charge >= 0.3 is 0 Å². The highest BCUT2D eigenvalue weighted by Crippen LogP contribution is 2.46. The number of rotatable bonds is 4. The molecule has 1 heterocycles. The molecule has 0 bridgehead atoms. The molecule has 1 aliphatic carbocycles. The molecule has 0 atom stereocenters. The summed E-state index contributed by atoms with van der Waals surface area (Å²) in [5.74, 6) is 0. The number of hydrogen-bond acceptors (Lipinski definition) is 3. The minimum absolute atomic E-state index is 0.131. The van der Waals surface area contributed by atoms with Crippen LogP contribution in [-0.2, 0) is 23.7 Å². The lowest BCUT2D eigenvalue weighted by Gasteiger charge is -2.42. The molecular weight excluding hydrogens is 296 g/mol. The monoisotopic (exact) mass is 322 g/mol. The van der Waals surface area contributed by atoms with E-state index in [1.807, 2.05) is 0 Å². The van der Waals surface area contributed by atoms with Crippen LogP contribution in [0.4, 0.5) is 0 Å². The molecule has 1 aliphatic rings. The molecule has 3 nitrogen and oxygen atoms in total. The molecule has 0 radical (unpaired) electrons. The average molecular weight is 322 g/mol. The second kappa shape index (κ2) is 6.12. The maximum atomic E-state index is 11.7. The Labute approximate surface area is 144 Å². The lowest BCUT2D eigenvalue weighted by Crippen LogP contribution is -2.34. The van der Waals surface area contributed by atoms with E-state index in [1.165, 1.54) is 17.5 Å². The van der Waals surface area contributed by atoms with E-state index in [4.69, 9.17) is 0 Å². The number of aromatic nitrogens is 2. The first-order valence-electron chi connectivity index (χ1n) is 8.71. The van der Waals surface area contributed by atoms with Crippen molar-refractivity contribution in [1.29, 1.82) is 0 Å². The Balaban J connectivity index is 2.00. The van der Waals surface area contributed by atoms with E-state index in [2.05, 4.69) is 49.8 Å². The van der Waals surface area contributed by atoms with Gasteiger partial charge in [0.2, 0.25) is 0 Å². The average Bonchev–Trinajstić information content (AvgIpc) is 2.57. The SMILES string of the molecule is CC1(C)CCC(C)(C)c2cc(CCc3cnccn3)c(C=O)cc21. The van der Waals surface area contributed by atoms with Crippen molar-refractivity contribution >= 4 is 6.29 Å². The fourth-order valence-electron chi connectivity index (χ4n) is 3.72. The van der Waals surface area contributed by atoms with E-state index in [0.29, 0.717) is 0 Å². The van der Waals surface area contributed by atoms with Crippen LogP contribution in [0, 0.1) is 0 Å². The van der Waals surface area contributed by atoms with E-state index >= 15 is 0 Å². The molecule has 126 valence electrons. The maximum absolute atomic E-state index is 11.7. The Bertz CT molecular complexity index is 748. The van der Waals surface area contributed by atoms with Gasteiger partial charge in [0, 0.05) is 24.2 Å². The number of carbonyl (C=O) groups is 1. The molecule has 0 N–H and O–H groups in total. The van der Waals surface area contributed by atoms with Gasteiger partial charge in [-0.15, -0.1) is 0 Å². The summed E-state index contributed by atoms with van der Waals surface area (Å²) in [6.45, 7) is 9.20. The second-order valence-corrected chi connectivity index (χ2v) is 8.18. The van der Waals surface area contributed by atoms with Gasteiger partial charge in [-0.25, -0.2) is 0 Å². The van der Waals surface area contributed by atoms with Crippen molar-refractivity contribution in [2.45, 2.75) is 64.2 Å². The van der Waals surface area contributed by atoms with Gasteiger partial charge in [0.05, 0.1) is 5.69 Å². The van der Waals surface area contributed by atoms with E-state index in [1.54, 1.807) is 18.6 Å². The molecule has 0 unspecified atom stereocenters. The van der Waals surface area contributed by atoms with E-state index in [0.717, 1.165) is 42.4 Å². The van der Waals surface area contributed by atoms with Crippen LogP contribution in [0.3, 0.4) is 0 Å². The topological polar surface area (TPSA) is 42.9 Å². The fraction of sp³-hybridized carbons (Fsp3) is 0.476. The fourth-order valence-corrected chi connectivity index (χ4v) is 3.72. The van der Waals surface area contributed by atoms with Gasteiger partial charge in [-0.05, 0) is 59.3 Å². The highest BCUT2D eigenvalue weighted by atomic mass is 16.1. The third-order valence-electron chi connectivity index (χ3n) is 5.51. The molecular formula is C21H26N2O. The third-order valence-corrected chi connectivity index (χ3v) is 5.51. The quantitative estimate of drug-likeness (QED) is 0.782. The Morgan fingerprint density at radius 3 is 2.25 bits per heavy atom. The van der Waals surface area contributed by atoms with E-state index in [9.17, 15) is 4.79 Å². The predicted molar refractivity (Wildman–Crippen MR) is 96.6 cm³/mol. The molecule has 2 aromatic rings. The maximum Gasteiger partial charge on any atom is 0.150 e. The Kier molecular flexibility index (Phi) is 4.29. The van der Waals surface area contributed by atoms with Crippen LogP contribution in [0.2, 0.25) is 0 Å². The Morgan fingerprint density at radius 1 is 1.00 bits per heavy atom. The summed E-state index contributed by atoms with van der Waals surface area (Å²) in [5, 5.41) is 0. The standard InChI is InChI=1S/C21H26N2O/c1-20(2)7-8-21(3,4)19-12-16(14-24)15(11-18(19)20)5-6-17-13-22-9-10-23-17/h9-14H,5-8H2,1-4H3. The van der Waals surface area contributed by atoms with Crippen LogP contribution in [-0.4, -0.2) is 16.3 Å². The van der Waals surface area contributed by atoms with Crippen molar-refractivity contribution < 1.29 is 4.79 Å². The Hall–Kier alpha value is -2.03. The van der Waals surface area contributed by atoms with Gasteiger partial charge in [-0.2, -0.15) is 0 Å². The zero-order chi connectivity index (χ0) is 17.4. The van der Waals surface area contributed by atoms with Crippen LogP contribution >= 0.6 is 0 Å². The number of carbonyl (C=O) groups excluding carboxylic acids is 1. The van der Waals surface area contributed by atoms with Gasteiger partial charge in [0.25, 0.3) is 0 Å². The smallest absolute Gasteiger partial charge is 0.150 e. The van der Waals surface area contributed by atoms with Crippen LogP contribution in [0.5, 0.6) is 0 Å². The second-order valence-electron chi connectivity index (χ2n) is 8.18. The molecule has 24 heavy (non-hydrogen) atoms. The Morgan fingerprint density at radius 2 is 1.67 bits per heavy atom. The lowest BCUT2D eigenvalue weighted by atomic mass is 9.62. The molecule has 0 amide bonds. The first kappa shape index (κ1) is 16.8. The molecule has 0 fully saturated rings. The highest BCUT2D eigenvalue weighted by molar-refractivity contribution is 5.78. The molecule has 0 spiro atoms. The molecule has 0 saturated carbocycles. The largest absolute Gasteiger partial charge is 0.298 e. The molecule has 0 aliphatic heterocycles. The van der Waals surface area contributed by atoms with Crippen molar-refractivity contribution in [3.63, 3.8) is 0 Å². The summed E-state index contributed by atoms with van der Waals surface area (Å²) in [6.07, 6.45) is 10.2. The summed E-state index contributed by atoms with van der Waals surface area (Å²) >= 11 is 0. The zero-order valence-corrected chi connectivity index (χ0v) is 15.1. The molecule has 0 saturated heterocycles. The van der Waals surface area contributed by atoms with Crippen molar-refractivity contribution in [2.75, 3.05) is 0 Å². The van der Waals surface area contributed by atoms with Gasteiger partial charge in [-0.1, -0.05) is 33.8 Å². The number of nitrogens with zero attached hydrogens (tertiary/aromatic N) is 2. The van der Waals surface area contributed by atoms with Crippen LogP contribution < -0.4 is 0 Å². The van der Waals surface area contributed by atoms with Crippen molar-refractivity contribution in [1.82, 2.24) is 9.97 Å². The first-order valence-corrected chi connectivity index (χ1v) is 8.71. The number of fused-ring (bicyclic) bond motifs is 1. The third kappa shape index (κ3) is 3.12.